The van der Waals surface area contributed by atoms with E-state index in [1.54, 1.807) is 0 Å². The van der Waals surface area contributed by atoms with Crippen LogP contribution in [0.5, 0.6) is 0 Å². The molecular formula is C8H19N3O. The first kappa shape index (κ1) is 11.4. The molecule has 0 fully saturated rings. The summed E-state index contributed by atoms with van der Waals surface area (Å²) in [4.78, 5) is 12.5. The van der Waals surface area contributed by atoms with Gasteiger partial charge in [-0.25, -0.2) is 0 Å². The van der Waals surface area contributed by atoms with Crippen LogP contribution in [-0.4, -0.2) is 44.0 Å². The molecule has 0 radical (unpaired) electrons. The van der Waals surface area contributed by atoms with Crippen LogP contribution < -0.4 is 11.1 Å². The molecule has 0 bridgehead atoms. The van der Waals surface area contributed by atoms with Crippen molar-refractivity contribution in [2.45, 2.75) is 19.4 Å². The lowest BCUT2D eigenvalue weighted by molar-refractivity contribution is -0.117. The van der Waals surface area contributed by atoms with Crippen molar-refractivity contribution in [3.05, 3.63) is 0 Å². The number of amides is 1. The number of nitrogens with two attached hydrogens (primary N) is 1. The van der Waals surface area contributed by atoms with E-state index < -0.39 is 0 Å². The smallest absolute Gasteiger partial charge is 0.231 e. The first-order valence-corrected chi connectivity index (χ1v) is 4.18. The lowest BCUT2D eigenvalue weighted by Crippen LogP contribution is -2.36. The average Bonchev–Trinajstić information content (AvgIpc) is 1.96. The van der Waals surface area contributed by atoms with Gasteiger partial charge in [-0.05, 0) is 34.0 Å². The van der Waals surface area contributed by atoms with Crippen molar-refractivity contribution in [2.75, 3.05) is 27.2 Å². The topological polar surface area (TPSA) is 58.4 Å². The largest absolute Gasteiger partial charge is 0.369 e. The number of nitrogens with one attached hydrogen (secondary N) is 1. The van der Waals surface area contributed by atoms with Crippen molar-refractivity contribution in [2.24, 2.45) is 5.73 Å². The van der Waals surface area contributed by atoms with E-state index in [-0.39, 0.29) is 12.5 Å². The van der Waals surface area contributed by atoms with Crippen molar-refractivity contribution in [3.63, 3.8) is 0 Å². The maximum absolute atomic E-state index is 10.4. The molecule has 0 aliphatic rings. The number of nitrogens with zero attached hydrogens (tertiary/aromatic N) is 1. The van der Waals surface area contributed by atoms with E-state index in [4.69, 9.17) is 5.73 Å². The van der Waals surface area contributed by atoms with Crippen LogP contribution in [0.25, 0.3) is 0 Å². The van der Waals surface area contributed by atoms with Crippen LogP contribution in [0.3, 0.4) is 0 Å². The van der Waals surface area contributed by atoms with E-state index in [1.807, 2.05) is 21.0 Å². The fraction of sp³-hybridized carbons (Fsp3) is 0.875. The van der Waals surface area contributed by atoms with E-state index in [0.717, 1.165) is 13.0 Å². The van der Waals surface area contributed by atoms with Gasteiger partial charge in [0.05, 0.1) is 6.54 Å². The lowest BCUT2D eigenvalue weighted by Gasteiger charge is -2.15. The Hall–Kier alpha value is -0.610. The Kier molecular flexibility index (Phi) is 5.66. The van der Waals surface area contributed by atoms with E-state index in [2.05, 4.69) is 10.2 Å². The van der Waals surface area contributed by atoms with Crippen LogP contribution in [0.15, 0.2) is 0 Å². The maximum atomic E-state index is 10.4. The molecule has 12 heavy (non-hydrogen) atoms. The van der Waals surface area contributed by atoms with Crippen molar-refractivity contribution in [3.8, 4) is 0 Å². The van der Waals surface area contributed by atoms with Crippen molar-refractivity contribution >= 4 is 5.91 Å². The summed E-state index contributed by atoms with van der Waals surface area (Å²) in [5.41, 5.74) is 4.98. The van der Waals surface area contributed by atoms with Gasteiger partial charge >= 0.3 is 0 Å². The van der Waals surface area contributed by atoms with Gasteiger partial charge in [0, 0.05) is 6.04 Å². The molecule has 0 heterocycles. The number of rotatable bonds is 6. The second-order valence-electron chi connectivity index (χ2n) is 3.34. The minimum absolute atomic E-state index is 0.272. The third kappa shape index (κ3) is 7.50. The zero-order chi connectivity index (χ0) is 9.56. The second kappa shape index (κ2) is 5.97. The number of hydrogen-bond acceptors (Lipinski definition) is 3. The summed E-state index contributed by atoms with van der Waals surface area (Å²) in [6.07, 6.45) is 1.03. The molecule has 1 atom stereocenters. The molecule has 1 unspecified atom stereocenters. The van der Waals surface area contributed by atoms with Crippen molar-refractivity contribution in [1.82, 2.24) is 10.2 Å². The fourth-order valence-electron chi connectivity index (χ4n) is 0.829. The van der Waals surface area contributed by atoms with Gasteiger partial charge in [-0.1, -0.05) is 0 Å². The molecule has 0 rings (SSSR count). The summed E-state index contributed by atoms with van der Waals surface area (Å²) in [7, 11) is 4.06. The standard InChI is InChI=1S/C8H19N3O/c1-7(4-5-11(2)3)10-6-8(9)12/h7,10H,4-6H2,1-3H3,(H2,9,12). The van der Waals surface area contributed by atoms with E-state index in [0.29, 0.717) is 6.04 Å². The summed E-state index contributed by atoms with van der Waals surface area (Å²) >= 11 is 0. The Bertz CT molecular complexity index is 136. The third-order valence-corrected chi connectivity index (χ3v) is 1.63. The first-order chi connectivity index (χ1) is 5.52. The number of hydrogen-bond donors (Lipinski definition) is 2. The summed E-state index contributed by atoms with van der Waals surface area (Å²) in [5.74, 6) is -0.299. The van der Waals surface area contributed by atoms with Gasteiger partial charge in [0.2, 0.25) is 5.91 Å². The molecule has 4 nitrogen and oxygen atoms in total. The second-order valence-corrected chi connectivity index (χ2v) is 3.34. The number of primary amides is 1. The van der Waals surface area contributed by atoms with E-state index in [9.17, 15) is 4.79 Å². The van der Waals surface area contributed by atoms with Gasteiger partial charge < -0.3 is 16.0 Å². The number of carbonyl (C=O) groups is 1. The fourth-order valence-corrected chi connectivity index (χ4v) is 0.829. The Balaban J connectivity index is 3.33. The summed E-state index contributed by atoms with van der Waals surface area (Å²) in [5, 5.41) is 3.04. The Morgan fingerprint density at radius 2 is 2.17 bits per heavy atom. The highest BCUT2D eigenvalue weighted by atomic mass is 16.1. The quantitative estimate of drug-likeness (QED) is 0.564. The monoisotopic (exact) mass is 173 g/mol. The zero-order valence-corrected chi connectivity index (χ0v) is 8.13. The Labute approximate surface area is 74.1 Å². The minimum atomic E-state index is -0.299. The summed E-state index contributed by atoms with van der Waals surface area (Å²) in [6, 6.07) is 0.347. The average molecular weight is 173 g/mol. The molecule has 0 aliphatic heterocycles. The van der Waals surface area contributed by atoms with Crippen LogP contribution in [0.1, 0.15) is 13.3 Å². The van der Waals surface area contributed by atoms with E-state index >= 15 is 0 Å². The van der Waals surface area contributed by atoms with Gasteiger partial charge in [-0.15, -0.1) is 0 Å². The molecule has 1 amide bonds. The molecule has 4 heteroatoms. The first-order valence-electron chi connectivity index (χ1n) is 4.18. The van der Waals surface area contributed by atoms with Gasteiger partial charge in [-0.3, -0.25) is 4.79 Å². The van der Waals surface area contributed by atoms with Crippen LogP contribution >= 0.6 is 0 Å². The molecule has 0 aliphatic carbocycles. The predicted octanol–water partition coefficient (Wildman–Crippen LogP) is -0.598. The van der Waals surface area contributed by atoms with Gasteiger partial charge in [0.25, 0.3) is 0 Å². The Morgan fingerprint density at radius 3 is 2.58 bits per heavy atom. The SMILES string of the molecule is CC(CCN(C)C)NCC(N)=O. The molecule has 0 aromatic heterocycles. The summed E-state index contributed by atoms with van der Waals surface area (Å²) in [6.45, 7) is 3.34. The van der Waals surface area contributed by atoms with Gasteiger partial charge in [-0.2, -0.15) is 0 Å². The molecule has 0 saturated carbocycles. The highest BCUT2D eigenvalue weighted by molar-refractivity contribution is 5.75. The zero-order valence-electron chi connectivity index (χ0n) is 8.13. The molecule has 3 N–H and O–H groups in total. The maximum Gasteiger partial charge on any atom is 0.231 e. The lowest BCUT2D eigenvalue weighted by atomic mass is 10.2. The normalized spacial score (nSPS) is 13.3. The Morgan fingerprint density at radius 1 is 1.58 bits per heavy atom. The van der Waals surface area contributed by atoms with E-state index in [1.165, 1.54) is 0 Å². The third-order valence-electron chi connectivity index (χ3n) is 1.63. The number of carbonyl (C=O) groups excluding carboxylic acids is 1. The van der Waals surface area contributed by atoms with Crippen LogP contribution in [-0.2, 0) is 4.79 Å². The van der Waals surface area contributed by atoms with Gasteiger partial charge in [0.15, 0.2) is 0 Å². The predicted molar refractivity (Wildman–Crippen MR) is 49.8 cm³/mol. The molecule has 0 aromatic rings. The molecule has 0 aromatic carbocycles. The highest BCUT2D eigenvalue weighted by Gasteiger charge is 2.02. The molecule has 0 spiro atoms. The summed E-state index contributed by atoms with van der Waals surface area (Å²) < 4.78 is 0. The van der Waals surface area contributed by atoms with Crippen LogP contribution in [0.4, 0.5) is 0 Å². The molecule has 72 valence electrons. The highest BCUT2D eigenvalue weighted by Crippen LogP contribution is 1.90. The molecule has 0 saturated heterocycles. The van der Waals surface area contributed by atoms with Crippen LogP contribution in [0, 0.1) is 0 Å². The van der Waals surface area contributed by atoms with Crippen molar-refractivity contribution < 1.29 is 4.79 Å². The van der Waals surface area contributed by atoms with Gasteiger partial charge in [0.1, 0.15) is 0 Å². The van der Waals surface area contributed by atoms with Crippen molar-refractivity contribution in [1.29, 1.82) is 0 Å². The van der Waals surface area contributed by atoms with Crippen LogP contribution in [0.2, 0.25) is 0 Å². The molecular weight excluding hydrogens is 154 g/mol. The minimum Gasteiger partial charge on any atom is -0.369 e.